The molecule has 2 heterocycles. The van der Waals surface area contributed by atoms with E-state index < -0.39 is 17.6 Å². The molecule has 130 valence electrons. The summed E-state index contributed by atoms with van der Waals surface area (Å²) >= 11 is 0. The van der Waals surface area contributed by atoms with Crippen molar-refractivity contribution in [2.45, 2.75) is 26.4 Å². The highest BCUT2D eigenvalue weighted by Crippen LogP contribution is 2.23. The molecule has 0 fully saturated rings. The highest BCUT2D eigenvalue weighted by atomic mass is 16.4. The molecule has 2 N–H and O–H groups in total. The summed E-state index contributed by atoms with van der Waals surface area (Å²) in [6, 6.07) is 10.3. The van der Waals surface area contributed by atoms with Gasteiger partial charge >= 0.3 is 5.63 Å². The Kier molecular flexibility index (Phi) is 4.72. The van der Waals surface area contributed by atoms with E-state index in [0.717, 1.165) is 5.76 Å². The van der Waals surface area contributed by atoms with Crippen molar-refractivity contribution >= 4 is 16.9 Å². The Bertz CT molecular complexity index is 969. The Balaban J connectivity index is 1.66. The molecule has 0 spiro atoms. The number of fused-ring (bicyclic) bond motifs is 1. The molecular weight excluding hydrogens is 322 g/mol. The van der Waals surface area contributed by atoms with Crippen LogP contribution in [0.5, 0.6) is 0 Å². The molecule has 6 nitrogen and oxygen atoms in total. The molecule has 6 heteroatoms. The van der Waals surface area contributed by atoms with Gasteiger partial charge in [-0.3, -0.25) is 4.79 Å². The number of amides is 1. The minimum absolute atomic E-state index is 0.0523. The molecule has 1 amide bonds. The number of nitrogens with one attached hydrogen (secondary N) is 1. The predicted octanol–water partition coefficient (Wildman–Crippen LogP) is 2.86. The Morgan fingerprint density at radius 2 is 1.96 bits per heavy atom. The predicted molar refractivity (Wildman–Crippen MR) is 92.6 cm³/mol. The van der Waals surface area contributed by atoms with Crippen LogP contribution in [-0.4, -0.2) is 17.6 Å². The van der Waals surface area contributed by atoms with E-state index in [1.807, 2.05) is 6.92 Å². The van der Waals surface area contributed by atoms with Crippen LogP contribution in [0.2, 0.25) is 0 Å². The van der Waals surface area contributed by atoms with Crippen molar-refractivity contribution in [3.8, 4) is 0 Å². The molecule has 2 aromatic heterocycles. The average molecular weight is 341 g/mol. The van der Waals surface area contributed by atoms with Gasteiger partial charge in [-0.15, -0.1) is 0 Å². The third-order valence-corrected chi connectivity index (χ3v) is 4.03. The number of hydrogen-bond acceptors (Lipinski definition) is 5. The summed E-state index contributed by atoms with van der Waals surface area (Å²) in [6.45, 7) is 3.81. The molecule has 1 aromatic carbocycles. The molecule has 25 heavy (non-hydrogen) atoms. The summed E-state index contributed by atoms with van der Waals surface area (Å²) in [7, 11) is 0. The molecule has 0 saturated heterocycles. The molecule has 0 aliphatic rings. The van der Waals surface area contributed by atoms with Crippen molar-refractivity contribution in [3.63, 3.8) is 0 Å². The van der Waals surface area contributed by atoms with Crippen molar-refractivity contribution in [2.75, 3.05) is 6.54 Å². The van der Waals surface area contributed by atoms with Gasteiger partial charge in [-0.05, 0) is 38.5 Å². The number of carbonyl (C=O) groups excluding carboxylic acids is 1. The van der Waals surface area contributed by atoms with Crippen LogP contribution in [0.25, 0.3) is 11.0 Å². The smallest absolute Gasteiger partial charge is 0.349 e. The van der Waals surface area contributed by atoms with E-state index >= 15 is 0 Å². The van der Waals surface area contributed by atoms with Crippen molar-refractivity contribution in [1.29, 1.82) is 0 Å². The lowest BCUT2D eigenvalue weighted by atomic mass is 10.1. The monoisotopic (exact) mass is 341 g/mol. The first-order valence-electron chi connectivity index (χ1n) is 8.02. The van der Waals surface area contributed by atoms with E-state index in [9.17, 15) is 14.7 Å². The van der Waals surface area contributed by atoms with Crippen molar-refractivity contribution in [3.05, 3.63) is 69.5 Å². The summed E-state index contributed by atoms with van der Waals surface area (Å²) in [4.78, 5) is 24.2. The zero-order valence-corrected chi connectivity index (χ0v) is 14.0. The zero-order valence-electron chi connectivity index (χ0n) is 14.0. The average Bonchev–Trinajstić information content (AvgIpc) is 2.92. The second-order valence-corrected chi connectivity index (χ2v) is 5.91. The van der Waals surface area contributed by atoms with Crippen LogP contribution in [-0.2, 0) is 0 Å². The molecular formula is C19H19NO5. The fourth-order valence-corrected chi connectivity index (χ4v) is 2.77. The molecule has 0 radical (unpaired) electrons. The molecule has 3 rings (SSSR count). The van der Waals surface area contributed by atoms with Crippen LogP contribution in [0.3, 0.4) is 0 Å². The molecule has 0 aliphatic carbocycles. The van der Waals surface area contributed by atoms with Crippen LogP contribution in [0, 0.1) is 13.8 Å². The highest BCUT2D eigenvalue weighted by molar-refractivity contribution is 5.96. The zero-order chi connectivity index (χ0) is 18.0. The lowest BCUT2D eigenvalue weighted by Crippen LogP contribution is -2.29. The third-order valence-electron chi connectivity index (χ3n) is 4.03. The molecule has 0 saturated carbocycles. The first-order chi connectivity index (χ1) is 12.0. The summed E-state index contributed by atoms with van der Waals surface area (Å²) < 4.78 is 10.5. The maximum Gasteiger partial charge on any atom is 0.349 e. The van der Waals surface area contributed by atoms with Crippen LogP contribution in [0.4, 0.5) is 0 Å². The van der Waals surface area contributed by atoms with E-state index in [1.54, 1.807) is 37.3 Å². The molecule has 0 aliphatic heterocycles. The third kappa shape index (κ3) is 3.64. The number of carbonyl (C=O) groups is 1. The van der Waals surface area contributed by atoms with Gasteiger partial charge in [0.25, 0.3) is 5.91 Å². The Morgan fingerprint density at radius 1 is 1.20 bits per heavy atom. The molecule has 0 unspecified atom stereocenters. The number of hydrogen-bond donors (Lipinski definition) is 2. The van der Waals surface area contributed by atoms with Gasteiger partial charge in [0, 0.05) is 17.5 Å². The number of para-hydroxylation sites is 1. The summed E-state index contributed by atoms with van der Waals surface area (Å²) in [5.74, 6) is 0.864. The largest absolute Gasteiger partial charge is 0.466 e. The van der Waals surface area contributed by atoms with Gasteiger partial charge in [-0.2, -0.15) is 0 Å². The summed E-state index contributed by atoms with van der Waals surface area (Å²) in [5.41, 5.74) is 0.406. The fraction of sp³-hybridized carbons (Fsp3) is 0.263. The number of aryl methyl sites for hydroxylation is 2. The standard InChI is InChI=1S/C19H19NO5/c1-11-9-14(12(2)24-11)16(21)7-8-20-18(22)15-10-13-5-3-4-6-17(13)25-19(15)23/h3-6,9-10,16,21H,7-8H2,1-2H3,(H,20,22)/t16-/m0/s1. The van der Waals surface area contributed by atoms with Crippen LogP contribution in [0.1, 0.15) is 40.0 Å². The minimum atomic E-state index is -0.745. The lowest BCUT2D eigenvalue weighted by Gasteiger charge is -2.10. The van der Waals surface area contributed by atoms with Gasteiger partial charge < -0.3 is 19.3 Å². The fourth-order valence-electron chi connectivity index (χ4n) is 2.77. The topological polar surface area (TPSA) is 92.7 Å². The normalized spacial score (nSPS) is 12.3. The Morgan fingerprint density at radius 3 is 2.68 bits per heavy atom. The van der Waals surface area contributed by atoms with E-state index in [2.05, 4.69) is 5.32 Å². The van der Waals surface area contributed by atoms with Crippen molar-refractivity contribution in [2.24, 2.45) is 0 Å². The van der Waals surface area contributed by atoms with E-state index in [-0.39, 0.29) is 12.1 Å². The number of aliphatic hydroxyl groups excluding tert-OH is 1. The number of aliphatic hydroxyl groups is 1. The maximum atomic E-state index is 12.2. The van der Waals surface area contributed by atoms with Gasteiger partial charge in [0.1, 0.15) is 22.7 Å². The second-order valence-electron chi connectivity index (χ2n) is 5.91. The molecule has 0 bridgehead atoms. The van der Waals surface area contributed by atoms with E-state index in [4.69, 9.17) is 8.83 Å². The van der Waals surface area contributed by atoms with E-state index in [1.165, 1.54) is 6.07 Å². The quantitative estimate of drug-likeness (QED) is 0.696. The number of rotatable bonds is 5. The van der Waals surface area contributed by atoms with Crippen LogP contribution < -0.4 is 10.9 Å². The molecule has 3 aromatic rings. The van der Waals surface area contributed by atoms with Crippen molar-refractivity contribution < 1.29 is 18.7 Å². The summed E-state index contributed by atoms with van der Waals surface area (Å²) in [6.07, 6.45) is -0.435. The minimum Gasteiger partial charge on any atom is -0.466 e. The maximum absolute atomic E-state index is 12.2. The first kappa shape index (κ1) is 17.0. The van der Waals surface area contributed by atoms with Gasteiger partial charge in [-0.25, -0.2) is 4.79 Å². The van der Waals surface area contributed by atoms with Crippen LogP contribution >= 0.6 is 0 Å². The molecule has 1 atom stereocenters. The second kappa shape index (κ2) is 6.94. The van der Waals surface area contributed by atoms with Crippen molar-refractivity contribution in [1.82, 2.24) is 5.32 Å². The van der Waals surface area contributed by atoms with Gasteiger partial charge in [0.05, 0.1) is 6.10 Å². The SMILES string of the molecule is Cc1cc([C@@H](O)CCNC(=O)c2cc3ccccc3oc2=O)c(C)o1. The first-order valence-corrected chi connectivity index (χ1v) is 8.02. The highest BCUT2D eigenvalue weighted by Gasteiger charge is 2.16. The number of furan rings is 1. The van der Waals surface area contributed by atoms with Crippen LogP contribution in [0.15, 0.2) is 50.0 Å². The number of benzene rings is 1. The van der Waals surface area contributed by atoms with E-state index in [0.29, 0.717) is 28.7 Å². The Labute approximate surface area is 144 Å². The Hall–Kier alpha value is -2.86. The van der Waals surface area contributed by atoms with Gasteiger partial charge in [-0.1, -0.05) is 18.2 Å². The van der Waals surface area contributed by atoms with Gasteiger partial charge in [0.2, 0.25) is 0 Å². The lowest BCUT2D eigenvalue weighted by molar-refractivity contribution is 0.0939. The summed E-state index contributed by atoms with van der Waals surface area (Å²) in [5, 5.41) is 13.5. The van der Waals surface area contributed by atoms with Gasteiger partial charge in [0.15, 0.2) is 0 Å².